The highest BCUT2D eigenvalue weighted by Crippen LogP contribution is 2.54. The van der Waals surface area contributed by atoms with E-state index >= 15 is 0 Å². The molecule has 3 fully saturated rings. The molecule has 1 spiro atoms. The Balaban J connectivity index is 1.30. The number of hydrogen-bond acceptors (Lipinski definition) is 9. The number of benzene rings is 1. The number of halogens is 2. The first kappa shape index (κ1) is 27.8. The van der Waals surface area contributed by atoms with Crippen molar-refractivity contribution in [1.29, 1.82) is 0 Å². The number of aryl methyl sites for hydroxylation is 1. The van der Waals surface area contributed by atoms with Gasteiger partial charge in [-0.05, 0) is 56.2 Å². The first-order valence-electron chi connectivity index (χ1n) is 14.0. The van der Waals surface area contributed by atoms with E-state index < -0.39 is 22.6 Å². The Labute approximate surface area is 237 Å². The van der Waals surface area contributed by atoms with Crippen LogP contribution in [0, 0.1) is 12.3 Å². The van der Waals surface area contributed by atoms with Crippen molar-refractivity contribution in [2.75, 3.05) is 53.1 Å². The Hall–Kier alpha value is -3.39. The van der Waals surface area contributed by atoms with Crippen molar-refractivity contribution >= 4 is 27.2 Å². The van der Waals surface area contributed by atoms with E-state index in [-0.39, 0.29) is 31.7 Å². The molecule has 0 bridgehead atoms. The van der Waals surface area contributed by atoms with Gasteiger partial charge in [-0.2, -0.15) is 0 Å². The minimum atomic E-state index is -3.69. The molecule has 220 valence electrons. The van der Waals surface area contributed by atoms with Crippen molar-refractivity contribution in [3.8, 4) is 17.1 Å². The van der Waals surface area contributed by atoms with E-state index in [1.54, 1.807) is 35.3 Å². The number of nitrogens with one attached hydrogen (secondary N) is 1. The molecule has 1 aromatic carbocycles. The molecule has 1 saturated carbocycles. The van der Waals surface area contributed by atoms with Crippen molar-refractivity contribution in [2.24, 2.45) is 5.41 Å². The summed E-state index contributed by atoms with van der Waals surface area (Å²) in [5.41, 5.74) is 4.05. The van der Waals surface area contributed by atoms with Gasteiger partial charge in [0, 0.05) is 39.0 Å². The standard InChI is InChI=1S/C27H34F2N8O3S/c1-19-25(36-12-8-27(28,29)9-13-36)31-21(17-30-19)22-18-37(34-32-22)23-3-2-20(33-41(39,40)15-14-38)16-24(23)35-10-6-26(4-5-26)7-11-35/h2-3,16-18,33,38H,4-15H2,1H3. The third kappa shape index (κ3) is 5.98. The lowest BCUT2D eigenvalue weighted by Crippen LogP contribution is -2.40. The van der Waals surface area contributed by atoms with Gasteiger partial charge in [-0.25, -0.2) is 26.9 Å². The number of anilines is 3. The van der Waals surface area contributed by atoms with Gasteiger partial charge in [0.2, 0.25) is 10.0 Å². The number of piperidine rings is 2. The summed E-state index contributed by atoms with van der Waals surface area (Å²) in [6.07, 6.45) is 7.60. The maximum Gasteiger partial charge on any atom is 0.251 e. The van der Waals surface area contributed by atoms with Gasteiger partial charge in [0.15, 0.2) is 5.82 Å². The Kier molecular flexibility index (Phi) is 7.09. The highest BCUT2D eigenvalue weighted by Gasteiger charge is 2.44. The molecule has 2 saturated heterocycles. The largest absolute Gasteiger partial charge is 0.395 e. The van der Waals surface area contributed by atoms with Gasteiger partial charge in [-0.3, -0.25) is 9.71 Å². The van der Waals surface area contributed by atoms with Crippen LogP contribution in [0.25, 0.3) is 17.1 Å². The van der Waals surface area contributed by atoms with E-state index in [2.05, 4.69) is 24.9 Å². The molecule has 0 atom stereocenters. The first-order valence-corrected chi connectivity index (χ1v) is 15.6. The second-order valence-electron chi connectivity index (χ2n) is 11.4. The SMILES string of the molecule is Cc1ncc(-c2cn(-c3ccc(NS(=O)(=O)CCO)cc3N3CCC4(CC3)CC4)nn2)nc1N1CCC(F)(F)CC1. The summed E-state index contributed by atoms with van der Waals surface area (Å²) in [4.78, 5) is 13.3. The van der Waals surface area contributed by atoms with Crippen molar-refractivity contribution in [2.45, 2.75) is 51.4 Å². The molecule has 2 aromatic heterocycles. The summed E-state index contributed by atoms with van der Waals surface area (Å²) < 4.78 is 56.3. The van der Waals surface area contributed by atoms with E-state index in [9.17, 15) is 17.2 Å². The minimum Gasteiger partial charge on any atom is -0.395 e. The van der Waals surface area contributed by atoms with E-state index in [0.717, 1.165) is 37.3 Å². The smallest absolute Gasteiger partial charge is 0.251 e. The number of aliphatic hydroxyl groups excluding tert-OH is 1. The van der Waals surface area contributed by atoms with Gasteiger partial charge in [-0.1, -0.05) is 5.21 Å². The van der Waals surface area contributed by atoms with Gasteiger partial charge < -0.3 is 14.9 Å². The lowest BCUT2D eigenvalue weighted by atomic mass is 9.93. The van der Waals surface area contributed by atoms with Gasteiger partial charge in [0.25, 0.3) is 5.92 Å². The molecule has 0 amide bonds. The quantitative estimate of drug-likeness (QED) is 0.407. The molecular formula is C27H34F2N8O3S. The summed E-state index contributed by atoms with van der Waals surface area (Å²) in [6, 6.07) is 5.26. The average molecular weight is 589 g/mol. The number of nitrogens with zero attached hydrogens (tertiary/aromatic N) is 7. The Morgan fingerprint density at radius 1 is 0.976 bits per heavy atom. The van der Waals surface area contributed by atoms with Crippen molar-refractivity contribution in [3.63, 3.8) is 0 Å². The van der Waals surface area contributed by atoms with Crippen molar-refractivity contribution in [1.82, 2.24) is 25.0 Å². The highest BCUT2D eigenvalue weighted by atomic mass is 32.2. The summed E-state index contributed by atoms with van der Waals surface area (Å²) in [7, 11) is -3.69. The predicted octanol–water partition coefficient (Wildman–Crippen LogP) is 3.38. The zero-order valence-electron chi connectivity index (χ0n) is 22.9. The van der Waals surface area contributed by atoms with E-state index in [1.165, 1.54) is 12.8 Å². The molecule has 3 aliphatic rings. The van der Waals surface area contributed by atoms with Crippen LogP contribution in [0.2, 0.25) is 0 Å². The maximum absolute atomic E-state index is 13.7. The van der Waals surface area contributed by atoms with Gasteiger partial charge in [0.1, 0.15) is 11.4 Å². The maximum atomic E-state index is 13.7. The lowest BCUT2D eigenvalue weighted by molar-refractivity contribution is -0.0221. The summed E-state index contributed by atoms with van der Waals surface area (Å²) in [5, 5.41) is 17.8. The van der Waals surface area contributed by atoms with Crippen molar-refractivity contribution < 1.29 is 22.3 Å². The molecule has 6 rings (SSSR count). The van der Waals surface area contributed by atoms with Crippen LogP contribution in [0.1, 0.15) is 44.2 Å². The van der Waals surface area contributed by atoms with Gasteiger partial charge in [-0.15, -0.1) is 5.10 Å². The predicted molar refractivity (Wildman–Crippen MR) is 151 cm³/mol. The molecule has 11 nitrogen and oxygen atoms in total. The fraction of sp³-hybridized carbons (Fsp3) is 0.556. The van der Waals surface area contributed by atoms with Crippen LogP contribution in [0.3, 0.4) is 0 Å². The van der Waals surface area contributed by atoms with Crippen LogP contribution in [0.5, 0.6) is 0 Å². The Morgan fingerprint density at radius 3 is 2.37 bits per heavy atom. The summed E-state index contributed by atoms with van der Waals surface area (Å²) in [6.45, 7) is 3.44. The first-order chi connectivity index (χ1) is 19.6. The number of hydrogen-bond donors (Lipinski definition) is 2. The number of sulfonamides is 1. The second-order valence-corrected chi connectivity index (χ2v) is 13.2. The molecular weight excluding hydrogens is 554 g/mol. The lowest BCUT2D eigenvalue weighted by Gasteiger charge is -2.35. The molecule has 4 heterocycles. The zero-order valence-corrected chi connectivity index (χ0v) is 23.7. The highest BCUT2D eigenvalue weighted by molar-refractivity contribution is 7.92. The second kappa shape index (κ2) is 10.5. The molecule has 2 N–H and O–H groups in total. The van der Waals surface area contributed by atoms with Gasteiger partial charge >= 0.3 is 0 Å². The monoisotopic (exact) mass is 588 g/mol. The summed E-state index contributed by atoms with van der Waals surface area (Å²) >= 11 is 0. The molecule has 1 aliphatic carbocycles. The molecule has 14 heteroatoms. The fourth-order valence-corrected chi connectivity index (χ4v) is 6.52. The molecule has 3 aromatic rings. The molecule has 41 heavy (non-hydrogen) atoms. The van der Waals surface area contributed by atoms with Crippen LogP contribution < -0.4 is 14.5 Å². The molecule has 2 aliphatic heterocycles. The van der Waals surface area contributed by atoms with Crippen LogP contribution in [-0.4, -0.2) is 82.9 Å². The van der Waals surface area contributed by atoms with E-state index in [1.807, 2.05) is 11.8 Å². The fourth-order valence-electron chi connectivity index (χ4n) is 5.69. The number of alkyl halides is 2. The number of aromatic nitrogens is 5. The normalized spacial score (nSPS) is 19.9. The minimum absolute atomic E-state index is 0.202. The Bertz CT molecular complexity index is 1520. The number of rotatable bonds is 8. The third-order valence-corrected chi connectivity index (χ3v) is 9.72. The Morgan fingerprint density at radius 2 is 1.68 bits per heavy atom. The topological polar surface area (TPSA) is 129 Å². The van der Waals surface area contributed by atoms with E-state index in [0.29, 0.717) is 34.0 Å². The summed E-state index contributed by atoms with van der Waals surface area (Å²) in [5.74, 6) is -2.48. The average Bonchev–Trinajstić information content (AvgIpc) is 3.50. The zero-order chi connectivity index (χ0) is 28.8. The third-order valence-electron chi connectivity index (χ3n) is 8.46. The van der Waals surface area contributed by atoms with Gasteiger partial charge in [0.05, 0.1) is 47.5 Å². The van der Waals surface area contributed by atoms with Crippen LogP contribution in [0.4, 0.5) is 26.0 Å². The molecule has 0 radical (unpaired) electrons. The van der Waals surface area contributed by atoms with Crippen LogP contribution >= 0.6 is 0 Å². The van der Waals surface area contributed by atoms with Crippen LogP contribution in [0.15, 0.2) is 30.6 Å². The number of aliphatic hydroxyl groups is 1. The molecule has 0 unspecified atom stereocenters. The van der Waals surface area contributed by atoms with Crippen molar-refractivity contribution in [3.05, 3.63) is 36.3 Å². The van der Waals surface area contributed by atoms with E-state index in [4.69, 9.17) is 10.1 Å². The van der Waals surface area contributed by atoms with Crippen LogP contribution in [-0.2, 0) is 10.0 Å².